The second-order valence-corrected chi connectivity index (χ2v) is 6.79. The fraction of sp³-hybridized carbons (Fsp3) is 0.100. The summed E-state index contributed by atoms with van der Waals surface area (Å²) in [7, 11) is 0. The molecule has 0 aliphatic rings. The summed E-state index contributed by atoms with van der Waals surface area (Å²) >= 11 is 12.0. The largest absolute Gasteiger partial charge is 0.321 e. The van der Waals surface area contributed by atoms with Crippen LogP contribution in [0.25, 0.3) is 0 Å². The first-order valence-corrected chi connectivity index (χ1v) is 8.70. The lowest BCUT2D eigenvalue weighted by atomic mass is 10.1. The highest BCUT2D eigenvalue weighted by Gasteiger charge is 2.11. The molecule has 1 amide bonds. The Morgan fingerprint density at radius 1 is 1.08 bits per heavy atom. The molecule has 1 heterocycles. The van der Waals surface area contributed by atoms with Crippen LogP contribution >= 0.6 is 23.2 Å². The fourth-order valence-electron chi connectivity index (χ4n) is 2.58. The van der Waals surface area contributed by atoms with Crippen molar-refractivity contribution in [2.75, 3.05) is 5.32 Å². The van der Waals surface area contributed by atoms with E-state index in [-0.39, 0.29) is 11.5 Å². The predicted molar refractivity (Wildman–Crippen MR) is 105 cm³/mol. The smallest absolute Gasteiger partial charge is 0.257 e. The minimum absolute atomic E-state index is 0.177. The molecule has 26 heavy (non-hydrogen) atoms. The molecule has 0 radical (unpaired) electrons. The van der Waals surface area contributed by atoms with Gasteiger partial charge >= 0.3 is 0 Å². The molecule has 3 rings (SSSR count). The van der Waals surface area contributed by atoms with E-state index in [1.54, 1.807) is 24.4 Å². The Bertz CT molecular complexity index is 1030. The molecule has 0 fully saturated rings. The number of carbonyl (C=O) groups excluding carboxylic acids is 1. The Labute approximate surface area is 161 Å². The third-order valence-corrected chi connectivity index (χ3v) is 4.42. The Balaban J connectivity index is 1.85. The first-order valence-electron chi connectivity index (χ1n) is 7.95. The number of nitrogens with zero attached hydrogens (tertiary/aromatic N) is 1. The molecular formula is C20H16Cl2N2O2. The summed E-state index contributed by atoms with van der Waals surface area (Å²) in [6.07, 6.45) is 1.54. The van der Waals surface area contributed by atoms with E-state index >= 15 is 0 Å². The van der Waals surface area contributed by atoms with Crippen LogP contribution in [0.5, 0.6) is 0 Å². The van der Waals surface area contributed by atoms with Gasteiger partial charge in [0.25, 0.3) is 11.5 Å². The third-order valence-electron chi connectivity index (χ3n) is 3.86. The average Bonchev–Trinajstić information content (AvgIpc) is 2.60. The number of carbonyl (C=O) groups is 1. The van der Waals surface area contributed by atoms with Crippen molar-refractivity contribution in [1.82, 2.24) is 4.57 Å². The Morgan fingerprint density at radius 2 is 1.88 bits per heavy atom. The topological polar surface area (TPSA) is 51.1 Å². The SMILES string of the molecule is Cc1cccc(Cn2cc(C(=O)Nc3cc(Cl)ccc3Cl)ccc2=O)c1. The van der Waals surface area contributed by atoms with E-state index in [1.165, 1.54) is 16.7 Å². The molecule has 0 aliphatic heterocycles. The van der Waals surface area contributed by atoms with E-state index < -0.39 is 0 Å². The van der Waals surface area contributed by atoms with Gasteiger partial charge < -0.3 is 9.88 Å². The Kier molecular flexibility index (Phi) is 5.45. The molecule has 0 bridgehead atoms. The van der Waals surface area contributed by atoms with Gasteiger partial charge in [0, 0.05) is 17.3 Å². The number of hydrogen-bond acceptors (Lipinski definition) is 2. The number of anilines is 1. The first kappa shape index (κ1) is 18.2. The molecule has 0 atom stereocenters. The molecule has 0 spiro atoms. The highest BCUT2D eigenvalue weighted by Crippen LogP contribution is 2.25. The first-order chi connectivity index (χ1) is 12.4. The zero-order chi connectivity index (χ0) is 18.7. The number of rotatable bonds is 4. The third kappa shape index (κ3) is 4.34. The van der Waals surface area contributed by atoms with Crippen LogP contribution in [0.3, 0.4) is 0 Å². The van der Waals surface area contributed by atoms with Crippen molar-refractivity contribution in [3.63, 3.8) is 0 Å². The van der Waals surface area contributed by atoms with Gasteiger partial charge in [-0.1, -0.05) is 53.0 Å². The molecule has 3 aromatic rings. The summed E-state index contributed by atoms with van der Waals surface area (Å²) < 4.78 is 1.50. The normalized spacial score (nSPS) is 10.6. The average molecular weight is 387 g/mol. The van der Waals surface area contributed by atoms with E-state index in [2.05, 4.69) is 5.32 Å². The second-order valence-electron chi connectivity index (χ2n) is 5.95. The van der Waals surface area contributed by atoms with E-state index in [9.17, 15) is 9.59 Å². The molecule has 1 aromatic heterocycles. The standard InChI is InChI=1S/C20H16Cl2N2O2/c1-13-3-2-4-14(9-13)11-24-12-15(5-8-19(24)25)20(26)23-18-10-16(21)6-7-17(18)22/h2-10,12H,11H2,1H3,(H,23,26). The zero-order valence-corrected chi connectivity index (χ0v) is 15.5. The van der Waals surface area contributed by atoms with Crippen molar-refractivity contribution in [2.45, 2.75) is 13.5 Å². The molecule has 1 N–H and O–H groups in total. The van der Waals surface area contributed by atoms with Crippen LogP contribution in [0, 0.1) is 6.92 Å². The minimum Gasteiger partial charge on any atom is -0.321 e. The van der Waals surface area contributed by atoms with E-state index in [0.29, 0.717) is 27.8 Å². The number of aryl methyl sites for hydroxylation is 1. The summed E-state index contributed by atoms with van der Waals surface area (Å²) in [5, 5.41) is 3.57. The van der Waals surface area contributed by atoms with Crippen LogP contribution in [0.2, 0.25) is 10.0 Å². The maximum absolute atomic E-state index is 12.5. The van der Waals surface area contributed by atoms with Crippen molar-refractivity contribution >= 4 is 34.8 Å². The maximum Gasteiger partial charge on any atom is 0.257 e. The van der Waals surface area contributed by atoms with Crippen molar-refractivity contribution < 1.29 is 4.79 Å². The maximum atomic E-state index is 12.5. The van der Waals surface area contributed by atoms with Gasteiger partial charge in [-0.15, -0.1) is 0 Å². The van der Waals surface area contributed by atoms with Gasteiger partial charge in [0.1, 0.15) is 0 Å². The number of pyridine rings is 1. The summed E-state index contributed by atoms with van der Waals surface area (Å²) in [5.74, 6) is -0.368. The van der Waals surface area contributed by atoms with Crippen molar-refractivity contribution in [1.29, 1.82) is 0 Å². The van der Waals surface area contributed by atoms with Crippen molar-refractivity contribution in [2.24, 2.45) is 0 Å². The van der Waals surface area contributed by atoms with E-state index in [0.717, 1.165) is 11.1 Å². The molecule has 0 saturated carbocycles. The summed E-state index contributed by atoms with van der Waals surface area (Å²) in [4.78, 5) is 24.7. The van der Waals surface area contributed by atoms with Crippen LogP contribution in [0.4, 0.5) is 5.69 Å². The molecular weight excluding hydrogens is 371 g/mol. The van der Waals surface area contributed by atoms with Gasteiger partial charge in [0.15, 0.2) is 0 Å². The molecule has 2 aromatic carbocycles. The molecule has 132 valence electrons. The quantitative estimate of drug-likeness (QED) is 0.702. The molecule has 0 saturated heterocycles. The molecule has 4 nitrogen and oxygen atoms in total. The number of halogens is 2. The number of aromatic nitrogens is 1. The van der Waals surface area contributed by atoms with Gasteiger partial charge in [-0.3, -0.25) is 9.59 Å². The van der Waals surface area contributed by atoms with Crippen LogP contribution < -0.4 is 10.9 Å². The van der Waals surface area contributed by atoms with Gasteiger partial charge in [-0.25, -0.2) is 0 Å². The summed E-state index contributed by atoms with van der Waals surface area (Å²) in [6.45, 7) is 2.38. The Hall–Kier alpha value is -2.56. The highest BCUT2D eigenvalue weighted by molar-refractivity contribution is 6.35. The molecule has 0 unspecified atom stereocenters. The monoisotopic (exact) mass is 386 g/mol. The lowest BCUT2D eigenvalue weighted by Crippen LogP contribution is -2.22. The fourth-order valence-corrected chi connectivity index (χ4v) is 2.92. The second kappa shape index (κ2) is 7.77. The van der Waals surface area contributed by atoms with Gasteiger partial charge in [0.05, 0.1) is 22.8 Å². The lowest BCUT2D eigenvalue weighted by Gasteiger charge is -2.11. The van der Waals surface area contributed by atoms with Crippen LogP contribution in [0.1, 0.15) is 21.5 Å². The number of hydrogen-bond donors (Lipinski definition) is 1. The lowest BCUT2D eigenvalue weighted by molar-refractivity contribution is 0.102. The number of nitrogens with one attached hydrogen (secondary N) is 1. The van der Waals surface area contributed by atoms with Crippen molar-refractivity contribution in [3.05, 3.63) is 97.9 Å². The van der Waals surface area contributed by atoms with Gasteiger partial charge in [-0.2, -0.15) is 0 Å². The van der Waals surface area contributed by atoms with Gasteiger partial charge in [-0.05, 0) is 36.8 Å². The summed E-state index contributed by atoms with van der Waals surface area (Å²) in [6, 6.07) is 15.6. The molecule has 0 aliphatic carbocycles. The minimum atomic E-state index is -0.368. The molecule has 6 heteroatoms. The number of benzene rings is 2. The number of amides is 1. The summed E-state index contributed by atoms with van der Waals surface area (Å²) in [5.41, 5.74) is 2.69. The zero-order valence-electron chi connectivity index (χ0n) is 14.0. The Morgan fingerprint density at radius 3 is 2.65 bits per heavy atom. The van der Waals surface area contributed by atoms with Crippen LogP contribution in [0.15, 0.2) is 65.6 Å². The van der Waals surface area contributed by atoms with Crippen molar-refractivity contribution in [3.8, 4) is 0 Å². The highest BCUT2D eigenvalue weighted by atomic mass is 35.5. The van der Waals surface area contributed by atoms with Gasteiger partial charge in [0.2, 0.25) is 0 Å². The predicted octanol–water partition coefficient (Wildman–Crippen LogP) is 4.76. The van der Waals surface area contributed by atoms with Crippen LogP contribution in [-0.2, 0) is 6.54 Å². The van der Waals surface area contributed by atoms with E-state index in [4.69, 9.17) is 23.2 Å². The van der Waals surface area contributed by atoms with Crippen LogP contribution in [-0.4, -0.2) is 10.5 Å². The van der Waals surface area contributed by atoms with E-state index in [1.807, 2.05) is 31.2 Å².